The molecule has 0 fully saturated rings. The van der Waals surface area contributed by atoms with Gasteiger partial charge in [0.15, 0.2) is 5.65 Å². The minimum absolute atomic E-state index is 0.159. The first kappa shape index (κ1) is 12.8. The summed E-state index contributed by atoms with van der Waals surface area (Å²) < 4.78 is 2.58. The normalized spacial score (nSPS) is 10.7. The predicted octanol–water partition coefficient (Wildman–Crippen LogP) is 3.05. The van der Waals surface area contributed by atoms with E-state index in [0.717, 1.165) is 10.1 Å². The van der Waals surface area contributed by atoms with Crippen LogP contribution in [0.15, 0.2) is 47.1 Å². The lowest BCUT2D eigenvalue weighted by Gasteiger charge is -2.05. The fourth-order valence-corrected chi connectivity index (χ4v) is 2.14. The SMILES string of the molecule is Cc1nc2ccc(NC(=O)c3ccc(Br)cc3)cn2n1. The Morgan fingerprint density at radius 1 is 1.20 bits per heavy atom. The molecule has 3 rings (SSSR count). The smallest absolute Gasteiger partial charge is 0.255 e. The lowest BCUT2D eigenvalue weighted by atomic mass is 10.2. The molecule has 0 aliphatic carbocycles. The number of halogens is 1. The van der Waals surface area contributed by atoms with Gasteiger partial charge in [-0.25, -0.2) is 9.50 Å². The molecule has 0 aliphatic rings. The van der Waals surface area contributed by atoms with Crippen molar-refractivity contribution in [1.82, 2.24) is 14.6 Å². The Kier molecular flexibility index (Phi) is 3.23. The molecular formula is C14H11BrN4O. The summed E-state index contributed by atoms with van der Waals surface area (Å²) in [5, 5.41) is 7.05. The summed E-state index contributed by atoms with van der Waals surface area (Å²) in [6, 6.07) is 10.8. The lowest BCUT2D eigenvalue weighted by molar-refractivity contribution is 0.102. The summed E-state index contributed by atoms with van der Waals surface area (Å²) in [6.07, 6.45) is 1.74. The summed E-state index contributed by atoms with van der Waals surface area (Å²) in [4.78, 5) is 16.3. The van der Waals surface area contributed by atoms with Crippen molar-refractivity contribution in [2.75, 3.05) is 5.32 Å². The molecule has 1 amide bonds. The van der Waals surface area contributed by atoms with Crippen LogP contribution in [0.2, 0.25) is 0 Å². The molecule has 5 nitrogen and oxygen atoms in total. The number of aryl methyl sites for hydroxylation is 1. The van der Waals surface area contributed by atoms with Gasteiger partial charge < -0.3 is 5.32 Å². The highest BCUT2D eigenvalue weighted by atomic mass is 79.9. The van der Waals surface area contributed by atoms with Crippen molar-refractivity contribution >= 4 is 33.2 Å². The van der Waals surface area contributed by atoms with Crippen molar-refractivity contribution in [3.63, 3.8) is 0 Å². The number of pyridine rings is 1. The van der Waals surface area contributed by atoms with Crippen molar-refractivity contribution in [2.45, 2.75) is 6.92 Å². The Morgan fingerprint density at radius 3 is 2.70 bits per heavy atom. The van der Waals surface area contributed by atoms with E-state index in [0.29, 0.717) is 17.1 Å². The highest BCUT2D eigenvalue weighted by Gasteiger charge is 2.07. The van der Waals surface area contributed by atoms with Gasteiger partial charge in [0.25, 0.3) is 5.91 Å². The Bertz CT molecular complexity index is 779. The molecule has 0 radical (unpaired) electrons. The average molecular weight is 331 g/mol. The van der Waals surface area contributed by atoms with Gasteiger partial charge in [0.1, 0.15) is 5.82 Å². The van der Waals surface area contributed by atoms with E-state index in [1.807, 2.05) is 25.1 Å². The van der Waals surface area contributed by atoms with Crippen LogP contribution in [-0.4, -0.2) is 20.5 Å². The number of carbonyl (C=O) groups is 1. The van der Waals surface area contributed by atoms with Gasteiger partial charge in [-0.3, -0.25) is 4.79 Å². The van der Waals surface area contributed by atoms with Crippen molar-refractivity contribution < 1.29 is 4.79 Å². The maximum absolute atomic E-state index is 12.1. The molecule has 0 unspecified atom stereocenters. The summed E-state index contributed by atoms with van der Waals surface area (Å²) in [7, 11) is 0. The van der Waals surface area contributed by atoms with Crippen LogP contribution in [0.1, 0.15) is 16.2 Å². The minimum Gasteiger partial charge on any atom is -0.321 e. The summed E-state index contributed by atoms with van der Waals surface area (Å²) in [5.74, 6) is 0.537. The van der Waals surface area contributed by atoms with Gasteiger partial charge in [0.05, 0.1) is 11.9 Å². The highest BCUT2D eigenvalue weighted by molar-refractivity contribution is 9.10. The van der Waals surface area contributed by atoms with Gasteiger partial charge >= 0.3 is 0 Å². The van der Waals surface area contributed by atoms with Crippen LogP contribution in [0, 0.1) is 6.92 Å². The molecule has 0 saturated heterocycles. The molecule has 3 aromatic rings. The van der Waals surface area contributed by atoms with Gasteiger partial charge in [0, 0.05) is 10.0 Å². The zero-order valence-electron chi connectivity index (χ0n) is 10.7. The second kappa shape index (κ2) is 5.05. The molecule has 6 heteroatoms. The van der Waals surface area contributed by atoms with Gasteiger partial charge in [-0.1, -0.05) is 15.9 Å². The third-order valence-corrected chi connectivity index (χ3v) is 3.33. The van der Waals surface area contributed by atoms with E-state index in [9.17, 15) is 4.79 Å². The Balaban J connectivity index is 1.84. The van der Waals surface area contributed by atoms with Crippen LogP contribution < -0.4 is 5.32 Å². The van der Waals surface area contributed by atoms with Crippen molar-refractivity contribution in [3.05, 3.63) is 58.5 Å². The standard InChI is InChI=1S/C14H11BrN4O/c1-9-16-13-7-6-12(8-19(13)18-9)17-14(20)10-2-4-11(15)5-3-10/h2-8H,1H3,(H,17,20). The first-order valence-electron chi connectivity index (χ1n) is 6.02. The second-order valence-corrected chi connectivity index (χ2v) is 5.26. The molecule has 20 heavy (non-hydrogen) atoms. The number of nitrogens with zero attached hydrogens (tertiary/aromatic N) is 3. The number of carbonyl (C=O) groups excluding carboxylic acids is 1. The maximum atomic E-state index is 12.1. The van der Waals surface area contributed by atoms with E-state index in [4.69, 9.17) is 0 Å². The van der Waals surface area contributed by atoms with Crippen molar-refractivity contribution in [2.24, 2.45) is 0 Å². The van der Waals surface area contributed by atoms with Crippen LogP contribution >= 0.6 is 15.9 Å². The van der Waals surface area contributed by atoms with Crippen molar-refractivity contribution in [3.8, 4) is 0 Å². The van der Waals surface area contributed by atoms with Crippen LogP contribution in [0.4, 0.5) is 5.69 Å². The fraction of sp³-hybridized carbons (Fsp3) is 0.0714. The first-order chi connectivity index (χ1) is 9.61. The Morgan fingerprint density at radius 2 is 1.95 bits per heavy atom. The van der Waals surface area contributed by atoms with E-state index < -0.39 is 0 Å². The molecule has 0 atom stereocenters. The number of fused-ring (bicyclic) bond motifs is 1. The largest absolute Gasteiger partial charge is 0.321 e. The van der Waals surface area contributed by atoms with Crippen LogP contribution in [0.5, 0.6) is 0 Å². The Labute approximate surface area is 123 Å². The molecule has 2 heterocycles. The zero-order valence-corrected chi connectivity index (χ0v) is 12.3. The van der Waals surface area contributed by atoms with E-state index >= 15 is 0 Å². The average Bonchev–Trinajstić information content (AvgIpc) is 2.78. The number of benzene rings is 1. The van der Waals surface area contributed by atoms with Gasteiger partial charge in [-0.2, -0.15) is 5.10 Å². The number of hydrogen-bond donors (Lipinski definition) is 1. The number of aromatic nitrogens is 3. The zero-order chi connectivity index (χ0) is 14.1. The molecule has 1 N–H and O–H groups in total. The number of amides is 1. The monoisotopic (exact) mass is 330 g/mol. The third kappa shape index (κ3) is 2.55. The van der Waals surface area contributed by atoms with Gasteiger partial charge in [0.2, 0.25) is 0 Å². The predicted molar refractivity (Wildman–Crippen MR) is 79.8 cm³/mol. The molecular weight excluding hydrogens is 320 g/mol. The molecule has 1 aromatic carbocycles. The van der Waals surface area contributed by atoms with E-state index in [1.165, 1.54) is 0 Å². The quantitative estimate of drug-likeness (QED) is 0.785. The van der Waals surface area contributed by atoms with Gasteiger partial charge in [-0.05, 0) is 43.3 Å². The van der Waals surface area contributed by atoms with Gasteiger partial charge in [-0.15, -0.1) is 0 Å². The molecule has 0 saturated carbocycles. The number of rotatable bonds is 2. The molecule has 0 bridgehead atoms. The molecule has 2 aromatic heterocycles. The Hall–Kier alpha value is -2.21. The van der Waals surface area contributed by atoms with E-state index in [1.54, 1.807) is 28.9 Å². The number of anilines is 1. The second-order valence-electron chi connectivity index (χ2n) is 4.34. The summed E-state index contributed by atoms with van der Waals surface area (Å²) >= 11 is 3.34. The molecule has 0 spiro atoms. The molecule has 0 aliphatic heterocycles. The lowest BCUT2D eigenvalue weighted by Crippen LogP contribution is -2.12. The third-order valence-electron chi connectivity index (χ3n) is 2.80. The first-order valence-corrected chi connectivity index (χ1v) is 6.81. The minimum atomic E-state index is -0.159. The van der Waals surface area contributed by atoms with Crippen LogP contribution in [-0.2, 0) is 0 Å². The fourth-order valence-electron chi connectivity index (χ4n) is 1.87. The summed E-state index contributed by atoms with van der Waals surface area (Å²) in [6.45, 7) is 1.83. The van der Waals surface area contributed by atoms with E-state index in [2.05, 4.69) is 31.3 Å². The highest BCUT2D eigenvalue weighted by Crippen LogP contribution is 2.14. The van der Waals surface area contributed by atoms with E-state index in [-0.39, 0.29) is 5.91 Å². The molecule has 100 valence electrons. The van der Waals surface area contributed by atoms with Crippen LogP contribution in [0.3, 0.4) is 0 Å². The maximum Gasteiger partial charge on any atom is 0.255 e. The number of hydrogen-bond acceptors (Lipinski definition) is 3. The summed E-state index contributed by atoms with van der Waals surface area (Å²) in [5.41, 5.74) is 2.03. The number of nitrogens with one attached hydrogen (secondary N) is 1. The topological polar surface area (TPSA) is 59.3 Å². The van der Waals surface area contributed by atoms with Crippen molar-refractivity contribution in [1.29, 1.82) is 0 Å². The van der Waals surface area contributed by atoms with Crippen LogP contribution in [0.25, 0.3) is 5.65 Å².